The van der Waals surface area contributed by atoms with Gasteiger partial charge in [0.2, 0.25) is 5.91 Å². The van der Waals surface area contributed by atoms with Gasteiger partial charge in [-0.2, -0.15) is 0 Å². The molecule has 2 amide bonds. The normalized spacial score (nSPS) is 21.0. The van der Waals surface area contributed by atoms with Crippen molar-refractivity contribution in [2.24, 2.45) is 0 Å². The summed E-state index contributed by atoms with van der Waals surface area (Å²) in [5, 5.41) is 9.03. The van der Waals surface area contributed by atoms with Crippen LogP contribution in [0.5, 0.6) is 0 Å². The molecule has 218 valence electrons. The van der Waals surface area contributed by atoms with Crippen molar-refractivity contribution in [3.63, 3.8) is 0 Å². The van der Waals surface area contributed by atoms with Crippen molar-refractivity contribution in [2.75, 3.05) is 39.3 Å². The molecular weight excluding hydrogens is 508 g/mol. The van der Waals surface area contributed by atoms with Crippen molar-refractivity contribution in [3.8, 4) is 0 Å². The molecule has 0 aromatic heterocycles. The zero-order valence-electron chi connectivity index (χ0n) is 24.6. The summed E-state index contributed by atoms with van der Waals surface area (Å²) in [6, 6.07) is 24.4. The van der Waals surface area contributed by atoms with Crippen molar-refractivity contribution < 1.29 is 9.59 Å². The maximum atomic E-state index is 14.0. The lowest BCUT2D eigenvalue weighted by Gasteiger charge is -2.31. The maximum absolute atomic E-state index is 14.0. The van der Waals surface area contributed by atoms with Crippen molar-refractivity contribution in [3.05, 3.63) is 83.9 Å². The maximum Gasteiger partial charge on any atom is 0.251 e. The first-order valence-corrected chi connectivity index (χ1v) is 15.7. The van der Waals surface area contributed by atoms with Gasteiger partial charge >= 0.3 is 0 Å². The lowest BCUT2D eigenvalue weighted by molar-refractivity contribution is -0.133. The van der Waals surface area contributed by atoms with Crippen LogP contribution in [-0.4, -0.2) is 73.0 Å². The molecule has 2 aliphatic heterocycles. The van der Waals surface area contributed by atoms with E-state index in [1.165, 1.54) is 24.8 Å². The predicted octanol–water partition coefficient (Wildman–Crippen LogP) is 5.59. The van der Waals surface area contributed by atoms with Crippen LogP contribution < -0.4 is 10.6 Å². The third-order valence-electron chi connectivity index (χ3n) is 8.85. The Hall–Kier alpha value is -3.22. The number of nitrogens with one attached hydrogen (secondary N) is 2. The van der Waals surface area contributed by atoms with Crippen molar-refractivity contribution in [2.45, 2.75) is 69.9 Å². The fourth-order valence-corrected chi connectivity index (χ4v) is 6.48. The molecule has 2 heterocycles. The molecule has 3 aromatic rings. The topological polar surface area (TPSA) is 64.7 Å². The molecule has 0 saturated carbocycles. The molecule has 2 N–H and O–H groups in total. The van der Waals surface area contributed by atoms with Crippen LogP contribution in [0.4, 0.5) is 0 Å². The van der Waals surface area contributed by atoms with Crippen molar-refractivity contribution in [1.82, 2.24) is 20.4 Å². The number of hydrogen-bond donors (Lipinski definition) is 2. The molecule has 2 fully saturated rings. The summed E-state index contributed by atoms with van der Waals surface area (Å²) in [6.45, 7) is 7.36. The van der Waals surface area contributed by atoms with E-state index in [0.29, 0.717) is 24.6 Å². The Morgan fingerprint density at radius 2 is 1.71 bits per heavy atom. The Labute approximate surface area is 245 Å². The predicted molar refractivity (Wildman–Crippen MR) is 167 cm³/mol. The summed E-state index contributed by atoms with van der Waals surface area (Å²) in [6.07, 6.45) is 7.56. The first-order valence-electron chi connectivity index (χ1n) is 15.7. The number of carbonyl (C=O) groups is 2. The summed E-state index contributed by atoms with van der Waals surface area (Å²) in [5.41, 5.74) is 1.98. The summed E-state index contributed by atoms with van der Waals surface area (Å²) < 4.78 is 0. The molecule has 0 radical (unpaired) electrons. The third-order valence-corrected chi connectivity index (χ3v) is 8.85. The zero-order valence-corrected chi connectivity index (χ0v) is 24.6. The minimum atomic E-state index is -0.236. The van der Waals surface area contributed by atoms with Crippen LogP contribution in [0.15, 0.2) is 72.8 Å². The Balaban J connectivity index is 1.26. The van der Waals surface area contributed by atoms with Gasteiger partial charge in [-0.15, -0.1) is 0 Å². The molecule has 0 bridgehead atoms. The van der Waals surface area contributed by atoms with Crippen LogP contribution in [-0.2, 0) is 4.79 Å². The highest BCUT2D eigenvalue weighted by Crippen LogP contribution is 2.24. The quantitative estimate of drug-likeness (QED) is 0.324. The molecule has 6 nitrogen and oxygen atoms in total. The SMILES string of the molecule is CCCC(CN1CC[C@@H](CNC(=O)c2ccc3ccccc3c2)N[C@@H](CCN2CCCCC2)C1=O)c1ccccc1. The number of carbonyl (C=O) groups excluding carboxylic acids is 2. The van der Waals surface area contributed by atoms with Gasteiger partial charge in [-0.3, -0.25) is 9.59 Å². The highest BCUT2D eigenvalue weighted by atomic mass is 16.2. The number of likely N-dealkylation sites (tertiary alicyclic amines) is 1. The van der Waals surface area contributed by atoms with Crippen LogP contribution in [0, 0.1) is 0 Å². The van der Waals surface area contributed by atoms with Crippen LogP contribution in [0.2, 0.25) is 0 Å². The molecule has 5 rings (SSSR count). The largest absolute Gasteiger partial charge is 0.350 e. The van der Waals surface area contributed by atoms with Gasteiger partial charge in [0.05, 0.1) is 6.04 Å². The van der Waals surface area contributed by atoms with Gasteiger partial charge in [0.15, 0.2) is 0 Å². The first kappa shape index (κ1) is 29.3. The van der Waals surface area contributed by atoms with Crippen LogP contribution in [0.1, 0.15) is 73.7 Å². The molecule has 41 heavy (non-hydrogen) atoms. The standard InChI is InChI=1S/C35H46N4O2/c1-2-11-31(27-12-5-3-6-13-27)26-39-23-18-32(37-33(35(39)41)19-22-38-20-9-4-10-21-38)25-36-34(40)30-17-16-28-14-7-8-15-29(28)24-30/h3,5-8,12-17,24,31-33,37H,2,4,9-11,18-23,25-26H2,1H3,(H,36,40)/t31?,32-,33-/m0/s1. The molecule has 0 spiro atoms. The molecular formula is C35H46N4O2. The minimum absolute atomic E-state index is 0.0427. The van der Waals surface area contributed by atoms with E-state index in [1.54, 1.807) is 0 Å². The smallest absolute Gasteiger partial charge is 0.251 e. The van der Waals surface area contributed by atoms with E-state index in [1.807, 2.05) is 36.4 Å². The summed E-state index contributed by atoms with van der Waals surface area (Å²) >= 11 is 0. The number of nitrogens with zero attached hydrogens (tertiary/aromatic N) is 2. The Morgan fingerprint density at radius 1 is 0.951 bits per heavy atom. The Morgan fingerprint density at radius 3 is 2.49 bits per heavy atom. The summed E-state index contributed by atoms with van der Waals surface area (Å²) in [7, 11) is 0. The minimum Gasteiger partial charge on any atom is -0.350 e. The Kier molecular flexibility index (Phi) is 10.4. The van der Waals surface area contributed by atoms with Crippen LogP contribution >= 0.6 is 0 Å². The average Bonchev–Trinajstić information content (AvgIpc) is 3.17. The van der Waals surface area contributed by atoms with Crippen LogP contribution in [0.3, 0.4) is 0 Å². The van der Waals surface area contributed by atoms with E-state index in [4.69, 9.17) is 0 Å². The number of amides is 2. The lowest BCUT2D eigenvalue weighted by Crippen LogP contribution is -2.50. The molecule has 3 aromatic carbocycles. The van der Waals surface area contributed by atoms with E-state index < -0.39 is 0 Å². The first-order chi connectivity index (χ1) is 20.1. The number of benzene rings is 3. The average molecular weight is 555 g/mol. The van der Waals surface area contributed by atoms with E-state index in [2.05, 4.69) is 63.8 Å². The van der Waals surface area contributed by atoms with Crippen molar-refractivity contribution in [1.29, 1.82) is 0 Å². The summed E-state index contributed by atoms with van der Waals surface area (Å²) in [4.78, 5) is 31.7. The monoisotopic (exact) mass is 554 g/mol. The summed E-state index contributed by atoms with van der Waals surface area (Å²) in [5.74, 6) is 0.474. The van der Waals surface area contributed by atoms with Crippen LogP contribution in [0.25, 0.3) is 10.8 Å². The van der Waals surface area contributed by atoms with E-state index >= 15 is 0 Å². The molecule has 1 unspecified atom stereocenters. The molecule has 2 saturated heterocycles. The lowest BCUT2D eigenvalue weighted by atomic mass is 9.93. The fraction of sp³-hybridized carbons (Fsp3) is 0.486. The second kappa shape index (κ2) is 14.6. The van der Waals surface area contributed by atoms with E-state index in [9.17, 15) is 9.59 Å². The number of piperidine rings is 1. The second-order valence-electron chi connectivity index (χ2n) is 11.8. The molecule has 3 atom stereocenters. The molecule has 0 aliphatic carbocycles. The number of rotatable bonds is 11. The van der Waals surface area contributed by atoms with Gasteiger partial charge in [-0.05, 0) is 73.7 Å². The zero-order chi connectivity index (χ0) is 28.4. The Bertz CT molecular complexity index is 1270. The van der Waals surface area contributed by atoms with Gasteiger partial charge in [0.25, 0.3) is 5.91 Å². The number of fused-ring (bicyclic) bond motifs is 1. The molecule has 6 heteroatoms. The van der Waals surface area contributed by atoms with Crippen molar-refractivity contribution >= 4 is 22.6 Å². The van der Waals surface area contributed by atoms with Gasteiger partial charge in [-0.25, -0.2) is 0 Å². The van der Waals surface area contributed by atoms with Gasteiger partial charge in [0, 0.05) is 43.7 Å². The fourth-order valence-electron chi connectivity index (χ4n) is 6.48. The highest BCUT2D eigenvalue weighted by Gasteiger charge is 2.32. The number of hydrogen-bond acceptors (Lipinski definition) is 4. The second-order valence-corrected chi connectivity index (χ2v) is 11.8. The van der Waals surface area contributed by atoms with E-state index in [0.717, 1.165) is 62.6 Å². The van der Waals surface area contributed by atoms with Gasteiger partial charge in [-0.1, -0.05) is 80.4 Å². The van der Waals surface area contributed by atoms with Gasteiger partial charge in [0.1, 0.15) is 0 Å². The third kappa shape index (κ3) is 7.96. The van der Waals surface area contributed by atoms with E-state index in [-0.39, 0.29) is 23.9 Å². The highest BCUT2D eigenvalue weighted by molar-refractivity contribution is 5.98. The van der Waals surface area contributed by atoms with Gasteiger partial charge < -0.3 is 20.4 Å². The molecule has 2 aliphatic rings.